The summed E-state index contributed by atoms with van der Waals surface area (Å²) in [7, 11) is 0. The molecule has 2 rings (SSSR count). The maximum Gasteiger partial charge on any atom is 0.573 e. The van der Waals surface area contributed by atoms with E-state index >= 15 is 0 Å². The fraction of sp³-hybridized carbons (Fsp3) is 0.375. The van der Waals surface area contributed by atoms with Gasteiger partial charge in [0.2, 0.25) is 5.88 Å². The highest BCUT2D eigenvalue weighted by Gasteiger charge is 2.32. The molecule has 0 atom stereocenters. The van der Waals surface area contributed by atoms with Gasteiger partial charge in [-0.15, -0.1) is 13.2 Å². The Morgan fingerprint density at radius 3 is 2.30 bits per heavy atom. The SMILES string of the molecule is CCOP(=S)(OCC)Oc1cc(C)nc(-c2ccccc2OC(F)(F)F)n1. The molecule has 0 saturated heterocycles. The molecule has 0 amide bonds. The molecule has 6 nitrogen and oxygen atoms in total. The molecule has 0 aliphatic rings. The van der Waals surface area contributed by atoms with E-state index in [9.17, 15) is 13.2 Å². The largest absolute Gasteiger partial charge is 0.573 e. The number of hydrogen-bond acceptors (Lipinski definition) is 7. The van der Waals surface area contributed by atoms with E-state index in [1.807, 2.05) is 0 Å². The third-order valence-electron chi connectivity index (χ3n) is 2.96. The zero-order valence-corrected chi connectivity index (χ0v) is 16.5. The second kappa shape index (κ2) is 8.97. The van der Waals surface area contributed by atoms with Crippen molar-refractivity contribution in [3.8, 4) is 23.0 Å². The zero-order chi connectivity index (χ0) is 20.1. The van der Waals surface area contributed by atoms with Crippen LogP contribution in [-0.2, 0) is 20.9 Å². The molecule has 0 saturated carbocycles. The van der Waals surface area contributed by atoms with Crippen molar-refractivity contribution < 1.29 is 31.5 Å². The normalized spacial score (nSPS) is 12.1. The number of nitrogens with zero attached hydrogens (tertiary/aromatic N) is 2. The first-order valence-electron chi connectivity index (χ1n) is 7.95. The van der Waals surface area contributed by atoms with Crippen molar-refractivity contribution in [1.82, 2.24) is 9.97 Å². The smallest absolute Gasteiger partial charge is 0.406 e. The summed E-state index contributed by atoms with van der Waals surface area (Å²) >= 11 is 5.29. The number of para-hydroxylation sites is 1. The number of aromatic nitrogens is 2. The summed E-state index contributed by atoms with van der Waals surface area (Å²) in [6.07, 6.45) is -4.84. The van der Waals surface area contributed by atoms with E-state index in [2.05, 4.69) is 14.7 Å². The fourth-order valence-electron chi connectivity index (χ4n) is 2.09. The predicted octanol–water partition coefficient (Wildman–Crippen LogP) is 5.03. The number of benzene rings is 1. The number of aryl methyl sites for hydroxylation is 1. The molecule has 1 heterocycles. The Hall–Kier alpha value is -1.74. The van der Waals surface area contributed by atoms with Crippen molar-refractivity contribution in [2.75, 3.05) is 13.2 Å². The minimum absolute atomic E-state index is 0.000558. The Balaban J connectivity index is 2.43. The number of hydrogen-bond donors (Lipinski definition) is 0. The molecular formula is C16H18F3N2O4PS. The van der Waals surface area contributed by atoms with Gasteiger partial charge in [0.25, 0.3) is 0 Å². The highest BCUT2D eigenvalue weighted by Crippen LogP contribution is 2.49. The topological polar surface area (TPSA) is 62.7 Å². The van der Waals surface area contributed by atoms with Gasteiger partial charge in [0.05, 0.1) is 18.8 Å². The Morgan fingerprint density at radius 2 is 1.70 bits per heavy atom. The summed E-state index contributed by atoms with van der Waals surface area (Å²) in [5.74, 6) is -0.375. The van der Waals surface area contributed by atoms with Crippen LogP contribution >= 0.6 is 6.72 Å². The average molecular weight is 422 g/mol. The maximum atomic E-state index is 12.7. The molecule has 0 aliphatic heterocycles. The maximum absolute atomic E-state index is 12.7. The number of rotatable bonds is 8. The number of ether oxygens (including phenoxy) is 1. The lowest BCUT2D eigenvalue weighted by molar-refractivity contribution is -0.274. The third kappa shape index (κ3) is 6.42. The predicted molar refractivity (Wildman–Crippen MR) is 97.1 cm³/mol. The van der Waals surface area contributed by atoms with Crippen LogP contribution in [-0.4, -0.2) is 29.5 Å². The average Bonchev–Trinajstić information content (AvgIpc) is 2.53. The van der Waals surface area contributed by atoms with Gasteiger partial charge in [-0.05, 0) is 32.9 Å². The Kier molecular flexibility index (Phi) is 7.16. The van der Waals surface area contributed by atoms with Crippen molar-refractivity contribution in [3.05, 3.63) is 36.0 Å². The summed E-state index contributed by atoms with van der Waals surface area (Å²) in [6, 6.07) is 7.06. The molecule has 11 heteroatoms. The van der Waals surface area contributed by atoms with Crippen LogP contribution in [0.1, 0.15) is 19.5 Å². The van der Waals surface area contributed by atoms with Gasteiger partial charge >= 0.3 is 13.1 Å². The van der Waals surface area contributed by atoms with Crippen LogP contribution in [0, 0.1) is 6.92 Å². The van der Waals surface area contributed by atoms with Crippen molar-refractivity contribution >= 4 is 18.5 Å². The molecule has 1 aromatic heterocycles. The summed E-state index contributed by atoms with van der Waals surface area (Å²) in [4.78, 5) is 8.34. The molecular weight excluding hydrogens is 404 g/mol. The van der Waals surface area contributed by atoms with Gasteiger partial charge in [0, 0.05) is 23.6 Å². The minimum atomic E-state index is -4.84. The highest BCUT2D eigenvalue weighted by atomic mass is 32.5. The molecule has 27 heavy (non-hydrogen) atoms. The Labute approximate surface area is 159 Å². The van der Waals surface area contributed by atoms with E-state index in [1.54, 1.807) is 26.8 Å². The van der Waals surface area contributed by atoms with E-state index in [4.69, 9.17) is 25.4 Å². The Morgan fingerprint density at radius 1 is 1.07 bits per heavy atom. The van der Waals surface area contributed by atoms with Crippen LogP contribution in [0.2, 0.25) is 0 Å². The molecule has 148 valence electrons. The lowest BCUT2D eigenvalue weighted by Crippen LogP contribution is -2.17. The molecule has 1 aromatic carbocycles. The van der Waals surface area contributed by atoms with Crippen molar-refractivity contribution in [3.63, 3.8) is 0 Å². The van der Waals surface area contributed by atoms with Crippen LogP contribution in [0.25, 0.3) is 11.4 Å². The van der Waals surface area contributed by atoms with E-state index in [0.717, 1.165) is 0 Å². The fourth-order valence-corrected chi connectivity index (χ4v) is 4.09. The van der Waals surface area contributed by atoms with E-state index in [0.29, 0.717) is 5.69 Å². The number of halogens is 3. The summed E-state index contributed by atoms with van der Waals surface area (Å²) in [6.45, 7) is 2.59. The first-order chi connectivity index (χ1) is 12.7. The van der Waals surface area contributed by atoms with Gasteiger partial charge in [-0.25, -0.2) is 4.98 Å². The highest BCUT2D eigenvalue weighted by molar-refractivity contribution is 8.07. The van der Waals surface area contributed by atoms with Crippen molar-refractivity contribution in [1.29, 1.82) is 0 Å². The van der Waals surface area contributed by atoms with Gasteiger partial charge in [-0.3, -0.25) is 9.05 Å². The lowest BCUT2D eigenvalue weighted by Gasteiger charge is -2.21. The van der Waals surface area contributed by atoms with E-state index < -0.39 is 18.8 Å². The number of alkyl halides is 3. The molecule has 0 unspecified atom stereocenters. The molecule has 0 fully saturated rings. The molecule has 0 N–H and O–H groups in total. The standard InChI is InChI=1S/C16H18F3N2O4PS/c1-4-22-26(27,23-5-2)25-14-10-11(3)20-15(21-14)12-8-6-7-9-13(12)24-16(17,18)19/h6-10H,4-5H2,1-3H3. The van der Waals surface area contributed by atoms with Gasteiger partial charge in [0.15, 0.2) is 5.82 Å². The van der Waals surface area contributed by atoms with Gasteiger partial charge < -0.3 is 9.26 Å². The quantitative estimate of drug-likeness (QED) is 0.553. The van der Waals surface area contributed by atoms with Gasteiger partial charge in [-0.2, -0.15) is 4.98 Å². The van der Waals surface area contributed by atoms with Crippen LogP contribution in [0.5, 0.6) is 11.6 Å². The molecule has 0 bridgehead atoms. The van der Waals surface area contributed by atoms with Crippen molar-refractivity contribution in [2.24, 2.45) is 0 Å². The van der Waals surface area contributed by atoms with Gasteiger partial charge in [-0.1, -0.05) is 12.1 Å². The molecule has 0 radical (unpaired) electrons. The summed E-state index contributed by atoms with van der Waals surface area (Å²) in [5.41, 5.74) is 0.524. The first kappa shape index (κ1) is 21.6. The lowest BCUT2D eigenvalue weighted by atomic mass is 10.2. The van der Waals surface area contributed by atoms with Crippen LogP contribution < -0.4 is 9.26 Å². The minimum Gasteiger partial charge on any atom is -0.406 e. The van der Waals surface area contributed by atoms with Crippen LogP contribution in [0.15, 0.2) is 30.3 Å². The second-order valence-electron chi connectivity index (χ2n) is 5.09. The van der Waals surface area contributed by atoms with Gasteiger partial charge in [0.1, 0.15) is 5.75 Å². The van der Waals surface area contributed by atoms with Crippen LogP contribution in [0.3, 0.4) is 0 Å². The van der Waals surface area contributed by atoms with E-state index in [-0.39, 0.29) is 30.5 Å². The van der Waals surface area contributed by atoms with Crippen LogP contribution in [0.4, 0.5) is 13.2 Å². The zero-order valence-electron chi connectivity index (χ0n) is 14.8. The molecule has 2 aromatic rings. The Bertz CT molecular complexity index is 826. The van der Waals surface area contributed by atoms with E-state index in [1.165, 1.54) is 24.3 Å². The monoisotopic (exact) mass is 422 g/mol. The van der Waals surface area contributed by atoms with Crippen molar-refractivity contribution in [2.45, 2.75) is 27.1 Å². The summed E-state index contributed by atoms with van der Waals surface area (Å²) in [5, 5.41) is 0. The first-order valence-corrected chi connectivity index (χ1v) is 10.5. The molecule has 0 spiro atoms. The summed E-state index contributed by atoms with van der Waals surface area (Å²) < 4.78 is 58.5. The second-order valence-corrected chi connectivity index (χ2v) is 8.02. The third-order valence-corrected chi connectivity index (χ3v) is 5.38. The molecule has 0 aliphatic carbocycles.